The van der Waals surface area contributed by atoms with Crippen LogP contribution < -0.4 is 0 Å². The van der Waals surface area contributed by atoms with Crippen molar-refractivity contribution in [2.75, 3.05) is 13.1 Å². The number of thioether (sulfide) groups is 1. The summed E-state index contributed by atoms with van der Waals surface area (Å²) in [5, 5.41) is 9.43. The second-order valence-corrected chi connectivity index (χ2v) is 7.53. The Morgan fingerprint density at radius 3 is 2.59 bits per heavy atom. The van der Waals surface area contributed by atoms with Crippen molar-refractivity contribution in [2.45, 2.75) is 23.8 Å². The largest absolute Gasteiger partial charge is 0.339 e. The van der Waals surface area contributed by atoms with Crippen LogP contribution in [0.4, 0.5) is 0 Å². The molecule has 1 aliphatic rings. The molecule has 1 aromatic carbocycles. The Bertz CT molecular complexity index is 917. The number of hydrogen-bond acceptors (Lipinski definition) is 5. The van der Waals surface area contributed by atoms with Gasteiger partial charge in [-0.2, -0.15) is 0 Å². The van der Waals surface area contributed by atoms with E-state index in [0.717, 1.165) is 59.4 Å². The van der Waals surface area contributed by atoms with Crippen molar-refractivity contribution in [2.24, 2.45) is 7.05 Å². The smallest absolute Gasteiger partial charge is 0.253 e. The molecule has 0 radical (unpaired) electrons. The third-order valence-corrected chi connectivity index (χ3v) is 5.81. The van der Waals surface area contributed by atoms with Gasteiger partial charge >= 0.3 is 0 Å². The van der Waals surface area contributed by atoms with Crippen LogP contribution in [0.25, 0.3) is 11.4 Å². The molecular weight excluding hydrogens is 358 g/mol. The topological polar surface area (TPSA) is 63.9 Å². The Morgan fingerprint density at radius 2 is 1.89 bits per heavy atom. The zero-order chi connectivity index (χ0) is 18.6. The summed E-state index contributed by atoms with van der Waals surface area (Å²) < 4.78 is 1.98. The number of carbonyl (C=O) groups excluding carboxylic acids is 1. The lowest BCUT2D eigenvalue weighted by Crippen LogP contribution is -2.27. The van der Waals surface area contributed by atoms with Crippen molar-refractivity contribution < 1.29 is 4.79 Å². The molecule has 0 bridgehead atoms. The Morgan fingerprint density at radius 1 is 1.11 bits per heavy atom. The zero-order valence-corrected chi connectivity index (χ0v) is 16.0. The summed E-state index contributed by atoms with van der Waals surface area (Å²) in [4.78, 5) is 18.5. The molecule has 0 unspecified atom stereocenters. The van der Waals surface area contributed by atoms with Crippen LogP contribution in [0.1, 0.15) is 28.8 Å². The second kappa shape index (κ2) is 7.92. The van der Waals surface area contributed by atoms with E-state index >= 15 is 0 Å². The number of nitrogens with zero attached hydrogens (tertiary/aromatic N) is 5. The van der Waals surface area contributed by atoms with Crippen LogP contribution in [0.15, 0.2) is 53.9 Å². The van der Waals surface area contributed by atoms with Crippen molar-refractivity contribution >= 4 is 17.7 Å². The van der Waals surface area contributed by atoms with Crippen molar-refractivity contribution in [1.82, 2.24) is 24.6 Å². The minimum atomic E-state index is 0.140. The van der Waals surface area contributed by atoms with Crippen LogP contribution in [0.2, 0.25) is 0 Å². The number of benzene rings is 1. The summed E-state index contributed by atoms with van der Waals surface area (Å²) in [6.07, 6.45) is 5.75. The quantitative estimate of drug-likeness (QED) is 0.636. The molecular formula is C20H21N5OS. The fourth-order valence-electron chi connectivity index (χ4n) is 3.18. The molecule has 2 aromatic heterocycles. The summed E-state index contributed by atoms with van der Waals surface area (Å²) in [7, 11) is 1.96. The standard InChI is InChI=1S/C20H21N5OS/c1-24-18(17-5-4-10-21-13-17)22-23-20(24)27-14-15-6-8-16(9-7-15)19(26)25-11-2-3-12-25/h4-10,13H,2-3,11-12,14H2,1H3. The van der Waals surface area contributed by atoms with Crippen molar-refractivity contribution in [3.05, 3.63) is 59.9 Å². The molecule has 27 heavy (non-hydrogen) atoms. The van der Waals surface area contributed by atoms with Crippen LogP contribution in [0, 0.1) is 0 Å². The second-order valence-electron chi connectivity index (χ2n) is 6.59. The third-order valence-electron chi connectivity index (χ3n) is 4.72. The van der Waals surface area contributed by atoms with Gasteiger partial charge in [-0.25, -0.2) is 0 Å². The van der Waals surface area contributed by atoms with Crippen LogP contribution >= 0.6 is 11.8 Å². The molecule has 1 amide bonds. The van der Waals surface area contributed by atoms with E-state index in [1.807, 2.05) is 52.9 Å². The number of likely N-dealkylation sites (tertiary alicyclic amines) is 1. The predicted octanol–water partition coefficient (Wildman–Crippen LogP) is 3.41. The van der Waals surface area contributed by atoms with Crippen LogP contribution in [-0.4, -0.2) is 43.6 Å². The summed E-state index contributed by atoms with van der Waals surface area (Å²) >= 11 is 1.63. The Labute approximate surface area is 162 Å². The molecule has 0 saturated carbocycles. The van der Waals surface area contributed by atoms with Gasteiger partial charge in [-0.1, -0.05) is 23.9 Å². The molecule has 6 nitrogen and oxygen atoms in total. The number of rotatable bonds is 5. The highest BCUT2D eigenvalue weighted by molar-refractivity contribution is 7.98. The number of pyridine rings is 1. The molecule has 0 N–H and O–H groups in total. The molecule has 3 aromatic rings. The van der Waals surface area contributed by atoms with Gasteiger partial charge in [0.2, 0.25) is 0 Å². The van der Waals surface area contributed by atoms with Crippen molar-refractivity contribution in [1.29, 1.82) is 0 Å². The van der Waals surface area contributed by atoms with Gasteiger partial charge in [-0.05, 0) is 42.7 Å². The SMILES string of the molecule is Cn1c(SCc2ccc(C(=O)N3CCCC3)cc2)nnc1-c1cccnc1. The van der Waals surface area contributed by atoms with Gasteiger partial charge in [-0.3, -0.25) is 9.78 Å². The van der Waals surface area contributed by atoms with Crippen molar-refractivity contribution in [3.8, 4) is 11.4 Å². The van der Waals surface area contributed by atoms with Crippen LogP contribution in [0.5, 0.6) is 0 Å². The van der Waals surface area contributed by atoms with Crippen LogP contribution in [0.3, 0.4) is 0 Å². The first kappa shape index (κ1) is 17.7. The highest BCUT2D eigenvalue weighted by Crippen LogP contribution is 2.25. The molecule has 1 aliphatic heterocycles. The maximum absolute atomic E-state index is 12.4. The van der Waals surface area contributed by atoms with Crippen molar-refractivity contribution in [3.63, 3.8) is 0 Å². The van der Waals surface area contributed by atoms with E-state index in [1.165, 1.54) is 0 Å². The summed E-state index contributed by atoms with van der Waals surface area (Å²) in [5.41, 5.74) is 2.87. The maximum atomic E-state index is 12.4. The minimum Gasteiger partial charge on any atom is -0.339 e. The summed E-state index contributed by atoms with van der Waals surface area (Å²) in [6, 6.07) is 11.8. The third kappa shape index (κ3) is 3.88. The first-order valence-electron chi connectivity index (χ1n) is 9.03. The van der Waals surface area contributed by atoms with Gasteiger partial charge in [0, 0.05) is 49.4 Å². The molecule has 4 rings (SSSR count). The van der Waals surface area contributed by atoms with E-state index in [-0.39, 0.29) is 5.91 Å². The molecule has 1 fully saturated rings. The highest BCUT2D eigenvalue weighted by Gasteiger charge is 2.19. The monoisotopic (exact) mass is 379 g/mol. The molecule has 1 saturated heterocycles. The predicted molar refractivity (Wildman–Crippen MR) is 105 cm³/mol. The number of aromatic nitrogens is 4. The summed E-state index contributed by atoms with van der Waals surface area (Å²) in [6.45, 7) is 1.75. The van der Waals surface area contributed by atoms with Gasteiger partial charge in [0.05, 0.1) is 0 Å². The number of carbonyl (C=O) groups is 1. The van der Waals surface area contributed by atoms with E-state index in [1.54, 1.807) is 24.2 Å². The van der Waals surface area contributed by atoms with E-state index < -0.39 is 0 Å². The molecule has 7 heteroatoms. The van der Waals surface area contributed by atoms with Crippen LogP contribution in [-0.2, 0) is 12.8 Å². The lowest BCUT2D eigenvalue weighted by atomic mass is 10.1. The van der Waals surface area contributed by atoms with Gasteiger partial charge in [0.15, 0.2) is 11.0 Å². The Hall–Kier alpha value is -2.67. The molecule has 0 aliphatic carbocycles. The fourth-order valence-corrected chi connectivity index (χ4v) is 4.05. The molecule has 138 valence electrons. The van der Waals surface area contributed by atoms with E-state index in [4.69, 9.17) is 0 Å². The molecule has 0 atom stereocenters. The normalized spacial score (nSPS) is 13.9. The lowest BCUT2D eigenvalue weighted by molar-refractivity contribution is 0.0793. The Balaban J connectivity index is 1.40. The van der Waals surface area contributed by atoms with E-state index in [0.29, 0.717) is 0 Å². The average molecular weight is 379 g/mol. The maximum Gasteiger partial charge on any atom is 0.253 e. The number of amides is 1. The first-order valence-corrected chi connectivity index (χ1v) is 10.0. The Kier molecular flexibility index (Phi) is 5.20. The lowest BCUT2D eigenvalue weighted by Gasteiger charge is -2.15. The zero-order valence-electron chi connectivity index (χ0n) is 15.2. The van der Waals surface area contributed by atoms with Gasteiger partial charge < -0.3 is 9.47 Å². The van der Waals surface area contributed by atoms with E-state index in [9.17, 15) is 4.79 Å². The highest BCUT2D eigenvalue weighted by atomic mass is 32.2. The minimum absolute atomic E-state index is 0.140. The molecule has 0 spiro atoms. The first-order chi connectivity index (χ1) is 13.2. The van der Waals surface area contributed by atoms with E-state index in [2.05, 4.69) is 15.2 Å². The van der Waals surface area contributed by atoms with Gasteiger partial charge in [0.1, 0.15) is 0 Å². The average Bonchev–Trinajstić information content (AvgIpc) is 3.37. The summed E-state index contributed by atoms with van der Waals surface area (Å²) in [5.74, 6) is 1.72. The van der Waals surface area contributed by atoms with Gasteiger partial charge in [-0.15, -0.1) is 10.2 Å². The number of hydrogen-bond donors (Lipinski definition) is 0. The molecule has 3 heterocycles. The fraction of sp³-hybridized carbons (Fsp3) is 0.300. The van der Waals surface area contributed by atoms with Gasteiger partial charge in [0.25, 0.3) is 5.91 Å².